The number of amides is 3. The summed E-state index contributed by atoms with van der Waals surface area (Å²) in [7, 11) is 0. The van der Waals surface area contributed by atoms with Crippen LogP contribution in [0.1, 0.15) is 36.4 Å². The van der Waals surface area contributed by atoms with Crippen LogP contribution in [0.5, 0.6) is 0 Å². The number of carbonyl (C=O) groups excluding carboxylic acids is 3. The first-order chi connectivity index (χ1) is 16.6. The zero-order chi connectivity index (χ0) is 23.5. The van der Waals surface area contributed by atoms with Gasteiger partial charge in [-0.25, -0.2) is 0 Å². The van der Waals surface area contributed by atoms with Crippen LogP contribution < -0.4 is 0 Å². The van der Waals surface area contributed by atoms with Crippen molar-refractivity contribution >= 4 is 17.7 Å². The van der Waals surface area contributed by atoms with Gasteiger partial charge in [0, 0.05) is 39.1 Å². The van der Waals surface area contributed by atoms with Crippen LogP contribution in [0.25, 0.3) is 0 Å². The molecule has 6 nitrogen and oxygen atoms in total. The number of carbonyl (C=O) groups is 3. The van der Waals surface area contributed by atoms with Gasteiger partial charge in [-0.15, -0.1) is 0 Å². The lowest BCUT2D eigenvalue weighted by molar-refractivity contribution is -0.141. The smallest absolute Gasteiger partial charge is 0.233 e. The van der Waals surface area contributed by atoms with Crippen molar-refractivity contribution < 1.29 is 14.4 Å². The van der Waals surface area contributed by atoms with E-state index >= 15 is 0 Å². The Morgan fingerprint density at radius 2 is 1.26 bits per heavy atom. The van der Waals surface area contributed by atoms with Crippen LogP contribution in [0.3, 0.4) is 0 Å². The topological polar surface area (TPSA) is 60.9 Å². The first-order valence-electron chi connectivity index (χ1n) is 12.3. The predicted molar refractivity (Wildman–Crippen MR) is 130 cm³/mol. The van der Waals surface area contributed by atoms with Crippen molar-refractivity contribution in [3.05, 3.63) is 83.9 Å². The minimum atomic E-state index is -0.232. The van der Waals surface area contributed by atoms with Crippen molar-refractivity contribution in [2.75, 3.05) is 32.7 Å². The molecule has 3 aliphatic rings. The first kappa shape index (κ1) is 22.5. The van der Waals surface area contributed by atoms with Crippen LogP contribution >= 0.6 is 0 Å². The Morgan fingerprint density at radius 3 is 1.76 bits per heavy atom. The lowest BCUT2D eigenvalue weighted by Crippen LogP contribution is -2.50. The second kappa shape index (κ2) is 9.94. The summed E-state index contributed by atoms with van der Waals surface area (Å²) in [6.07, 6.45) is 5.43. The molecule has 176 valence electrons. The van der Waals surface area contributed by atoms with Gasteiger partial charge in [0.2, 0.25) is 17.7 Å². The Morgan fingerprint density at radius 1 is 0.765 bits per heavy atom. The third-order valence-corrected chi connectivity index (χ3v) is 7.41. The number of allylic oxidation sites excluding steroid dienone is 2. The number of fused-ring (bicyclic) bond motifs is 1. The monoisotopic (exact) mass is 457 g/mol. The molecular formula is C28H31N3O3. The summed E-state index contributed by atoms with van der Waals surface area (Å²) in [5.41, 5.74) is 2.49. The van der Waals surface area contributed by atoms with Crippen molar-refractivity contribution in [3.63, 3.8) is 0 Å². The number of rotatable bonds is 6. The number of imide groups is 1. The molecule has 2 aliphatic heterocycles. The van der Waals surface area contributed by atoms with E-state index in [1.165, 1.54) is 16.0 Å². The lowest BCUT2D eigenvalue weighted by Gasteiger charge is -2.40. The zero-order valence-corrected chi connectivity index (χ0v) is 19.4. The molecule has 6 heteroatoms. The van der Waals surface area contributed by atoms with Gasteiger partial charge < -0.3 is 4.90 Å². The molecule has 0 unspecified atom stereocenters. The number of hydrogen-bond acceptors (Lipinski definition) is 4. The molecular weight excluding hydrogens is 426 g/mol. The molecule has 1 aliphatic carbocycles. The SMILES string of the molecule is O=C(CCN1C(=O)[C@H]2CC=CC[C@H]2C1=O)N1CCN(C(c2ccccc2)c2ccccc2)CC1. The Bertz CT molecular complexity index is 995. The van der Waals surface area contributed by atoms with Crippen molar-refractivity contribution in [1.29, 1.82) is 0 Å². The van der Waals surface area contributed by atoms with E-state index in [1.54, 1.807) is 0 Å². The number of nitrogens with zero attached hydrogens (tertiary/aromatic N) is 3. The highest BCUT2D eigenvalue weighted by Crippen LogP contribution is 2.35. The highest BCUT2D eigenvalue weighted by Gasteiger charge is 2.47. The van der Waals surface area contributed by atoms with Gasteiger partial charge in [0.15, 0.2) is 0 Å². The van der Waals surface area contributed by atoms with E-state index in [0.29, 0.717) is 25.9 Å². The van der Waals surface area contributed by atoms with E-state index in [4.69, 9.17) is 0 Å². The van der Waals surface area contributed by atoms with E-state index in [1.807, 2.05) is 29.2 Å². The van der Waals surface area contributed by atoms with Gasteiger partial charge in [-0.1, -0.05) is 72.8 Å². The van der Waals surface area contributed by atoms with E-state index in [0.717, 1.165) is 13.1 Å². The third kappa shape index (κ3) is 4.42. The van der Waals surface area contributed by atoms with Gasteiger partial charge in [0.05, 0.1) is 17.9 Å². The molecule has 2 atom stereocenters. The van der Waals surface area contributed by atoms with Crippen LogP contribution in [0.15, 0.2) is 72.8 Å². The molecule has 0 radical (unpaired) electrons. The van der Waals surface area contributed by atoms with Crippen LogP contribution in [0, 0.1) is 11.8 Å². The Labute approximate surface area is 200 Å². The van der Waals surface area contributed by atoms with E-state index in [2.05, 4.69) is 53.4 Å². The van der Waals surface area contributed by atoms with Gasteiger partial charge in [-0.2, -0.15) is 0 Å². The third-order valence-electron chi connectivity index (χ3n) is 7.41. The summed E-state index contributed by atoms with van der Waals surface area (Å²) in [6, 6.07) is 21.1. The summed E-state index contributed by atoms with van der Waals surface area (Å²) in [6.45, 7) is 3.04. The molecule has 0 N–H and O–H groups in total. The van der Waals surface area contributed by atoms with Crippen molar-refractivity contribution in [2.45, 2.75) is 25.3 Å². The fourth-order valence-corrected chi connectivity index (χ4v) is 5.57. The Balaban J connectivity index is 1.19. The summed E-state index contributed by atoms with van der Waals surface area (Å²) >= 11 is 0. The fourth-order valence-electron chi connectivity index (χ4n) is 5.57. The minimum Gasteiger partial charge on any atom is -0.340 e. The maximum atomic E-state index is 12.9. The average molecular weight is 458 g/mol. The second-order valence-corrected chi connectivity index (χ2v) is 9.37. The summed E-state index contributed by atoms with van der Waals surface area (Å²) in [5.74, 6) is -0.659. The molecule has 0 aromatic heterocycles. The quantitative estimate of drug-likeness (QED) is 0.494. The van der Waals surface area contributed by atoms with Crippen LogP contribution in [0.2, 0.25) is 0 Å². The molecule has 34 heavy (non-hydrogen) atoms. The molecule has 2 saturated heterocycles. The fraction of sp³-hybridized carbons (Fsp3) is 0.393. The number of likely N-dealkylation sites (tertiary alicyclic amines) is 1. The van der Waals surface area contributed by atoms with E-state index in [-0.39, 0.29) is 48.6 Å². The highest BCUT2D eigenvalue weighted by atomic mass is 16.2. The molecule has 2 aromatic rings. The summed E-state index contributed by atoms with van der Waals surface area (Å²) in [5, 5.41) is 0. The summed E-state index contributed by atoms with van der Waals surface area (Å²) < 4.78 is 0. The number of piperazine rings is 1. The van der Waals surface area contributed by atoms with Gasteiger partial charge in [0.25, 0.3) is 0 Å². The normalized spacial score (nSPS) is 23.0. The predicted octanol–water partition coefficient (Wildman–Crippen LogP) is 3.26. The van der Waals surface area contributed by atoms with Gasteiger partial charge >= 0.3 is 0 Å². The standard InChI is InChI=1S/C28H31N3O3/c32-25(15-16-31-27(33)23-13-7-8-14-24(23)28(31)34)29-17-19-30(20-18-29)26(21-9-3-1-4-10-21)22-11-5-2-6-12-22/h1-12,23-24,26H,13-20H2/t23-,24+. The van der Waals surface area contributed by atoms with Crippen LogP contribution in [-0.4, -0.2) is 65.1 Å². The average Bonchev–Trinajstić information content (AvgIpc) is 3.14. The molecule has 0 saturated carbocycles. The van der Waals surface area contributed by atoms with Gasteiger partial charge in [-0.05, 0) is 24.0 Å². The molecule has 2 heterocycles. The van der Waals surface area contributed by atoms with Gasteiger partial charge in [-0.3, -0.25) is 24.2 Å². The number of hydrogen-bond donors (Lipinski definition) is 0. The van der Waals surface area contributed by atoms with Crippen molar-refractivity contribution in [2.24, 2.45) is 11.8 Å². The molecule has 2 fully saturated rings. The molecule has 0 spiro atoms. The summed E-state index contributed by atoms with van der Waals surface area (Å²) in [4.78, 5) is 43.9. The van der Waals surface area contributed by atoms with E-state index in [9.17, 15) is 14.4 Å². The maximum Gasteiger partial charge on any atom is 0.233 e. The number of benzene rings is 2. The van der Waals surface area contributed by atoms with Crippen LogP contribution in [0.4, 0.5) is 0 Å². The highest BCUT2D eigenvalue weighted by molar-refractivity contribution is 6.05. The van der Waals surface area contributed by atoms with E-state index < -0.39 is 0 Å². The molecule has 3 amide bonds. The largest absolute Gasteiger partial charge is 0.340 e. The van der Waals surface area contributed by atoms with Crippen LogP contribution in [-0.2, 0) is 14.4 Å². The van der Waals surface area contributed by atoms with Crippen molar-refractivity contribution in [3.8, 4) is 0 Å². The zero-order valence-electron chi connectivity index (χ0n) is 19.4. The first-order valence-corrected chi connectivity index (χ1v) is 12.3. The molecule has 5 rings (SSSR count). The van der Waals surface area contributed by atoms with Gasteiger partial charge in [0.1, 0.15) is 0 Å². The minimum absolute atomic E-state index is 0.0178. The second-order valence-electron chi connectivity index (χ2n) is 9.37. The molecule has 0 bridgehead atoms. The lowest BCUT2D eigenvalue weighted by atomic mass is 9.85. The van der Waals surface area contributed by atoms with Crippen molar-refractivity contribution in [1.82, 2.24) is 14.7 Å². The Hall–Kier alpha value is -3.25. The maximum absolute atomic E-state index is 12.9. The molecule has 2 aromatic carbocycles. The Kier molecular flexibility index (Phi) is 6.59.